The van der Waals surface area contributed by atoms with Crippen LogP contribution in [0, 0.1) is 28.7 Å². The topological polar surface area (TPSA) is 53.4 Å². The maximum atomic E-state index is 10.5. The number of hydrogen-bond donors (Lipinski definition) is 2. The number of benzene rings is 2. The second-order valence-electron chi connectivity index (χ2n) is 13.2. The van der Waals surface area contributed by atoms with E-state index in [0.29, 0.717) is 5.92 Å². The maximum Gasteiger partial charge on any atom is 0.0646 e. The summed E-state index contributed by atoms with van der Waals surface area (Å²) in [7, 11) is 0. The van der Waals surface area contributed by atoms with Gasteiger partial charge in [0.1, 0.15) is 0 Å². The van der Waals surface area contributed by atoms with Crippen LogP contribution in [-0.4, -0.2) is 27.4 Å². The van der Waals surface area contributed by atoms with Crippen molar-refractivity contribution in [2.24, 2.45) is 22.7 Å². The Balaban J connectivity index is 0.000000179. The molecule has 0 saturated heterocycles. The number of hydrogen-bond acceptors (Lipinski definition) is 3. The summed E-state index contributed by atoms with van der Waals surface area (Å²) >= 11 is 0. The van der Waals surface area contributed by atoms with Crippen LogP contribution >= 0.6 is 0 Å². The zero-order valence-corrected chi connectivity index (χ0v) is 25.8. The Labute approximate surface area is 242 Å². The molecule has 0 spiro atoms. The van der Waals surface area contributed by atoms with Crippen molar-refractivity contribution >= 4 is 10.8 Å². The Bertz CT molecular complexity index is 1200. The molecule has 0 aliphatic heterocycles. The quantitative estimate of drug-likeness (QED) is 0.269. The molecule has 38 heavy (non-hydrogen) atoms. The van der Waals surface area contributed by atoms with Gasteiger partial charge in [0, 0.05) is 37.6 Å². The van der Waals surface area contributed by atoms with Gasteiger partial charge in [0.2, 0.25) is 0 Å². The third-order valence-electron chi connectivity index (χ3n) is 9.64. The normalized spacial score (nSPS) is 28.1. The molecule has 207 valence electrons. The predicted molar refractivity (Wildman–Crippen MR) is 152 cm³/mol. The van der Waals surface area contributed by atoms with Gasteiger partial charge in [-0.2, -0.15) is 0 Å². The molecule has 2 aromatic carbocycles. The molecular formula is C34H44IrNO2-. The fourth-order valence-electron chi connectivity index (χ4n) is 7.41. The minimum absolute atomic E-state index is 0. The molecule has 0 amide bonds. The van der Waals surface area contributed by atoms with Crippen molar-refractivity contribution in [2.45, 2.75) is 97.2 Å². The molecule has 1 heterocycles. The third-order valence-corrected chi connectivity index (χ3v) is 9.64. The average Bonchev–Trinajstić information content (AvgIpc) is 3.47. The molecule has 4 unspecified atom stereocenters. The van der Waals surface area contributed by atoms with Crippen molar-refractivity contribution in [1.29, 1.82) is 0 Å². The number of fused-ring (bicyclic) bond motifs is 2. The van der Waals surface area contributed by atoms with Crippen molar-refractivity contribution in [2.75, 3.05) is 0 Å². The third kappa shape index (κ3) is 5.94. The van der Waals surface area contributed by atoms with Gasteiger partial charge in [-0.1, -0.05) is 71.2 Å². The molecule has 0 bridgehead atoms. The summed E-state index contributed by atoms with van der Waals surface area (Å²) in [6, 6.07) is 20.2. The minimum atomic E-state index is -0.350. The van der Waals surface area contributed by atoms with E-state index in [1.165, 1.54) is 54.9 Å². The minimum Gasteiger partial charge on any atom is -0.392 e. The van der Waals surface area contributed by atoms with Gasteiger partial charge >= 0.3 is 0 Å². The van der Waals surface area contributed by atoms with Crippen molar-refractivity contribution in [3.8, 4) is 11.3 Å². The fourth-order valence-corrected chi connectivity index (χ4v) is 7.41. The molecule has 6 rings (SSSR count). The summed E-state index contributed by atoms with van der Waals surface area (Å²) in [4.78, 5) is 4.68. The van der Waals surface area contributed by atoms with Crippen LogP contribution in [0.1, 0.15) is 90.5 Å². The molecule has 2 N–H and O–H groups in total. The zero-order valence-electron chi connectivity index (χ0n) is 23.4. The van der Waals surface area contributed by atoms with Crippen LogP contribution < -0.4 is 0 Å². The smallest absolute Gasteiger partial charge is 0.0646 e. The molecule has 4 heteroatoms. The second-order valence-corrected chi connectivity index (χ2v) is 13.2. The van der Waals surface area contributed by atoms with Gasteiger partial charge in [0.05, 0.1) is 12.2 Å². The van der Waals surface area contributed by atoms with Crippen LogP contribution in [0.3, 0.4) is 0 Å². The van der Waals surface area contributed by atoms with Gasteiger partial charge in [-0.25, -0.2) is 0 Å². The molecule has 3 aliphatic carbocycles. The molecule has 3 aliphatic rings. The van der Waals surface area contributed by atoms with Gasteiger partial charge in [-0.05, 0) is 71.4 Å². The molecule has 4 atom stereocenters. The molecule has 3 fully saturated rings. The van der Waals surface area contributed by atoms with E-state index in [1.807, 2.05) is 18.2 Å². The van der Waals surface area contributed by atoms with E-state index in [2.05, 4.69) is 75.3 Å². The second kappa shape index (κ2) is 11.9. The average molecular weight is 691 g/mol. The fraction of sp³-hybridized carbons (Fsp3) is 0.559. The first kappa shape index (κ1) is 29.4. The van der Waals surface area contributed by atoms with Crippen LogP contribution in [0.5, 0.6) is 0 Å². The van der Waals surface area contributed by atoms with E-state index in [-0.39, 0.29) is 49.1 Å². The van der Waals surface area contributed by atoms with E-state index >= 15 is 0 Å². The number of aromatic nitrogens is 1. The van der Waals surface area contributed by atoms with Crippen LogP contribution in [-0.2, 0) is 20.1 Å². The van der Waals surface area contributed by atoms with Gasteiger partial charge in [-0.15, -0.1) is 35.9 Å². The molecule has 3 nitrogen and oxygen atoms in total. The number of aliphatic hydroxyl groups excluding tert-OH is 2. The van der Waals surface area contributed by atoms with E-state index in [9.17, 15) is 10.2 Å². The molecule has 3 aromatic rings. The Morgan fingerprint density at radius 3 is 2.32 bits per heavy atom. The first-order valence-corrected chi connectivity index (χ1v) is 14.4. The summed E-state index contributed by atoms with van der Waals surface area (Å²) < 4.78 is 0. The van der Waals surface area contributed by atoms with Crippen molar-refractivity contribution < 1.29 is 30.3 Å². The van der Waals surface area contributed by atoms with E-state index in [1.54, 1.807) is 0 Å². The Kier molecular flexibility index (Phi) is 9.20. The zero-order chi connectivity index (χ0) is 26.2. The summed E-state index contributed by atoms with van der Waals surface area (Å²) in [5.41, 5.74) is 3.49. The van der Waals surface area contributed by atoms with Crippen molar-refractivity contribution in [3.63, 3.8) is 0 Å². The molecule has 3 saturated carbocycles. The number of pyridine rings is 1. The monoisotopic (exact) mass is 691 g/mol. The van der Waals surface area contributed by atoms with Gasteiger partial charge in [0.25, 0.3) is 0 Å². The number of rotatable bonds is 2. The van der Waals surface area contributed by atoms with Crippen LogP contribution in [0.15, 0.2) is 54.7 Å². The number of aliphatic hydroxyl groups is 2. The van der Waals surface area contributed by atoms with E-state index in [0.717, 1.165) is 30.0 Å². The Morgan fingerprint density at radius 2 is 1.61 bits per heavy atom. The molecule has 1 radical (unpaired) electrons. The van der Waals surface area contributed by atoms with Crippen LogP contribution in [0.2, 0.25) is 0 Å². The number of nitrogens with zero attached hydrogens (tertiary/aromatic N) is 1. The van der Waals surface area contributed by atoms with Gasteiger partial charge in [-0.3, -0.25) is 0 Å². The van der Waals surface area contributed by atoms with Crippen molar-refractivity contribution in [1.82, 2.24) is 4.98 Å². The SMILES string of the molecule is CC1(C)CCCC2CC(C)(C)C(O)C2C1O.[Ir].[c-]1ccccc1-c1cc2cccc(C3CCCC3)c2cn1. The summed E-state index contributed by atoms with van der Waals surface area (Å²) in [5.74, 6) is 1.33. The molecule has 1 aromatic heterocycles. The summed E-state index contributed by atoms with van der Waals surface area (Å²) in [6.45, 7) is 8.54. The largest absolute Gasteiger partial charge is 0.392 e. The van der Waals surface area contributed by atoms with Crippen molar-refractivity contribution in [3.05, 3.63) is 66.4 Å². The van der Waals surface area contributed by atoms with Gasteiger partial charge < -0.3 is 15.2 Å². The van der Waals surface area contributed by atoms with E-state index < -0.39 is 0 Å². The van der Waals surface area contributed by atoms with Gasteiger partial charge in [0.15, 0.2) is 0 Å². The van der Waals surface area contributed by atoms with Crippen LogP contribution in [0.4, 0.5) is 0 Å². The summed E-state index contributed by atoms with van der Waals surface area (Å²) in [6.07, 6.45) is 11.2. The first-order chi connectivity index (χ1) is 17.7. The molecular weight excluding hydrogens is 647 g/mol. The first-order valence-electron chi connectivity index (χ1n) is 14.4. The summed E-state index contributed by atoms with van der Waals surface area (Å²) in [5, 5.41) is 23.6. The Morgan fingerprint density at radius 1 is 0.868 bits per heavy atom. The maximum absolute atomic E-state index is 10.5. The predicted octanol–water partition coefficient (Wildman–Crippen LogP) is 7.94. The van der Waals surface area contributed by atoms with Crippen LogP contribution in [0.25, 0.3) is 22.0 Å². The van der Waals surface area contributed by atoms with E-state index in [4.69, 9.17) is 0 Å². The standard InChI is InChI=1S/C20H18N.C14H26O2.Ir/c1-2-9-16(10-3-1)20-13-17-11-6-12-18(19(17)14-21-20)15-7-4-5-8-15;1-13(2)7-5-6-9-8-14(3,4)12(16)10(9)11(13)15;/h1-3,6,9,11-15H,4-5,7-8H2;9-12,15-16H,5-8H2,1-4H3;/q-1;;. The Hall–Kier alpha value is -1.58.